The van der Waals surface area contributed by atoms with Crippen LogP contribution in [-0.4, -0.2) is 75.4 Å². The van der Waals surface area contributed by atoms with Gasteiger partial charge < -0.3 is 5.32 Å². The lowest BCUT2D eigenvalue weighted by atomic mass is 10.0. The summed E-state index contributed by atoms with van der Waals surface area (Å²) in [7, 11) is -11.8. The van der Waals surface area contributed by atoms with Gasteiger partial charge in [-0.3, -0.25) is 12.5 Å². The predicted octanol–water partition coefficient (Wildman–Crippen LogP) is -1.60. The molecule has 1 N–H and O–H groups in total. The maximum absolute atomic E-state index is 11.5. The zero-order valence-electron chi connectivity index (χ0n) is 13.0. The van der Waals surface area contributed by atoms with E-state index in [-0.39, 0.29) is 0 Å². The highest BCUT2D eigenvalue weighted by Gasteiger charge is 2.38. The van der Waals surface area contributed by atoms with Crippen LogP contribution in [-0.2, 0) is 42.9 Å². The largest absolute Gasteiger partial charge is 0.311 e. The van der Waals surface area contributed by atoms with Gasteiger partial charge >= 0.3 is 0 Å². The lowest BCUT2D eigenvalue weighted by Gasteiger charge is -2.29. The van der Waals surface area contributed by atoms with Gasteiger partial charge in [0.05, 0.1) is 25.4 Å². The highest BCUT2D eigenvalue weighted by molar-refractivity contribution is 7.86. The van der Waals surface area contributed by atoms with Crippen molar-refractivity contribution in [1.29, 1.82) is 0 Å². The molecule has 0 spiro atoms. The monoisotopic (exact) mass is 395 g/mol. The van der Waals surface area contributed by atoms with E-state index in [9.17, 15) is 25.3 Å². The molecule has 0 aliphatic carbocycles. The second-order valence-corrected chi connectivity index (χ2v) is 10.1. The molecule has 10 nitrogen and oxygen atoms in total. The zero-order chi connectivity index (χ0) is 17.9. The second kappa shape index (κ2) is 7.72. The standard InChI is InChI=1S/C10H21NO9S3/c1-21(12,13)18-7-9(19-22(2,14)15)10(20-23(3,16)17)8-5-4-6-11-8/h8-11H,4-7H2,1-3H3/t8-,9+,10-/m1/s1. The van der Waals surface area contributed by atoms with Crippen molar-refractivity contribution >= 4 is 30.4 Å². The van der Waals surface area contributed by atoms with E-state index >= 15 is 0 Å². The summed E-state index contributed by atoms with van der Waals surface area (Å²) >= 11 is 0. The average Bonchev–Trinajstić information content (AvgIpc) is 2.81. The molecule has 0 amide bonds. The van der Waals surface area contributed by atoms with Gasteiger partial charge in [0.1, 0.15) is 12.2 Å². The molecule has 0 radical (unpaired) electrons. The van der Waals surface area contributed by atoms with E-state index in [1.165, 1.54) is 0 Å². The molecule has 0 unspecified atom stereocenters. The minimum absolute atomic E-state index is 0.514. The number of nitrogens with one attached hydrogen (secondary N) is 1. The van der Waals surface area contributed by atoms with Crippen molar-refractivity contribution in [3.8, 4) is 0 Å². The third-order valence-electron chi connectivity index (χ3n) is 2.89. The van der Waals surface area contributed by atoms with Gasteiger partial charge in [0, 0.05) is 6.04 Å². The van der Waals surface area contributed by atoms with Gasteiger partial charge in [-0.1, -0.05) is 0 Å². The molecule has 1 heterocycles. The van der Waals surface area contributed by atoms with Crippen LogP contribution < -0.4 is 5.32 Å². The predicted molar refractivity (Wildman–Crippen MR) is 81.3 cm³/mol. The topological polar surface area (TPSA) is 142 Å². The first-order valence-corrected chi connectivity index (χ1v) is 12.1. The van der Waals surface area contributed by atoms with E-state index in [2.05, 4.69) is 9.50 Å². The van der Waals surface area contributed by atoms with E-state index in [4.69, 9.17) is 8.37 Å². The highest BCUT2D eigenvalue weighted by Crippen LogP contribution is 2.21. The average molecular weight is 395 g/mol. The summed E-state index contributed by atoms with van der Waals surface area (Å²) in [6.07, 6.45) is 0.915. The second-order valence-electron chi connectivity index (χ2n) is 5.30. The summed E-state index contributed by atoms with van der Waals surface area (Å²) in [4.78, 5) is 0. The lowest BCUT2D eigenvalue weighted by molar-refractivity contribution is 0.0158. The Kier molecular flexibility index (Phi) is 6.96. The van der Waals surface area contributed by atoms with E-state index in [0.717, 1.165) is 25.2 Å². The van der Waals surface area contributed by atoms with Crippen molar-refractivity contribution in [1.82, 2.24) is 5.32 Å². The summed E-state index contributed by atoms with van der Waals surface area (Å²) in [5, 5.41) is 2.97. The molecular formula is C10H21NO9S3. The fourth-order valence-corrected chi connectivity index (χ4v) is 3.83. The SMILES string of the molecule is CS(=O)(=O)OC[C@H](OS(C)(=O)=O)[C@H](OS(C)(=O)=O)[C@H]1CCCN1. The van der Waals surface area contributed by atoms with Gasteiger partial charge in [-0.2, -0.15) is 25.3 Å². The maximum Gasteiger partial charge on any atom is 0.264 e. The van der Waals surface area contributed by atoms with Gasteiger partial charge in [0.25, 0.3) is 30.4 Å². The normalized spacial score (nSPS) is 22.8. The van der Waals surface area contributed by atoms with Crippen LogP contribution in [0.25, 0.3) is 0 Å². The molecule has 23 heavy (non-hydrogen) atoms. The molecule has 1 rings (SSSR count). The van der Waals surface area contributed by atoms with Gasteiger partial charge in [-0.25, -0.2) is 0 Å². The van der Waals surface area contributed by atoms with E-state index in [1.807, 2.05) is 0 Å². The van der Waals surface area contributed by atoms with Crippen molar-refractivity contribution in [2.75, 3.05) is 31.9 Å². The summed E-state index contributed by atoms with van der Waals surface area (Å²) in [5.74, 6) is 0. The molecule has 3 atom stereocenters. The minimum Gasteiger partial charge on any atom is -0.311 e. The minimum atomic E-state index is -4.00. The van der Waals surface area contributed by atoms with Crippen LogP contribution in [0.3, 0.4) is 0 Å². The first kappa shape index (κ1) is 20.7. The Bertz CT molecular complexity index is 692. The Morgan fingerprint density at radius 1 is 0.957 bits per heavy atom. The van der Waals surface area contributed by atoms with Crippen molar-refractivity contribution in [2.45, 2.75) is 31.1 Å². The first-order valence-electron chi connectivity index (χ1n) is 6.61. The lowest BCUT2D eigenvalue weighted by Crippen LogP contribution is -2.49. The smallest absolute Gasteiger partial charge is 0.264 e. The molecule has 1 aliphatic heterocycles. The summed E-state index contributed by atoms with van der Waals surface area (Å²) in [6, 6.07) is -0.514. The number of rotatable bonds is 9. The summed E-state index contributed by atoms with van der Waals surface area (Å²) in [5.41, 5.74) is 0. The van der Waals surface area contributed by atoms with Crippen LogP contribution in [0.1, 0.15) is 12.8 Å². The molecule has 1 saturated heterocycles. The van der Waals surface area contributed by atoms with Crippen molar-refractivity contribution in [3.05, 3.63) is 0 Å². The molecule has 1 aliphatic rings. The molecule has 13 heteroatoms. The summed E-state index contributed by atoms with van der Waals surface area (Å²) in [6.45, 7) is -0.100. The molecule has 138 valence electrons. The Morgan fingerprint density at radius 3 is 1.91 bits per heavy atom. The fraction of sp³-hybridized carbons (Fsp3) is 1.00. The third kappa shape index (κ3) is 8.93. The first-order chi connectivity index (χ1) is 10.3. The molecule has 0 aromatic heterocycles. The molecular weight excluding hydrogens is 374 g/mol. The Hall–Kier alpha value is -0.310. The van der Waals surface area contributed by atoms with Crippen molar-refractivity contribution in [2.24, 2.45) is 0 Å². The molecule has 0 aromatic carbocycles. The fourth-order valence-electron chi connectivity index (χ4n) is 2.17. The van der Waals surface area contributed by atoms with Crippen LogP contribution in [0.4, 0.5) is 0 Å². The van der Waals surface area contributed by atoms with Crippen LogP contribution in [0.15, 0.2) is 0 Å². The molecule has 1 fully saturated rings. The maximum atomic E-state index is 11.5. The van der Waals surface area contributed by atoms with Crippen LogP contribution in [0.2, 0.25) is 0 Å². The molecule has 0 aromatic rings. The van der Waals surface area contributed by atoms with E-state index in [1.54, 1.807) is 0 Å². The zero-order valence-corrected chi connectivity index (χ0v) is 15.4. The van der Waals surface area contributed by atoms with Gasteiger partial charge in [-0.15, -0.1) is 0 Å². The molecule has 0 saturated carbocycles. The van der Waals surface area contributed by atoms with E-state index < -0.39 is 55.2 Å². The summed E-state index contributed by atoms with van der Waals surface area (Å²) < 4.78 is 82.3. The number of hydrogen-bond acceptors (Lipinski definition) is 10. The van der Waals surface area contributed by atoms with Crippen LogP contribution in [0, 0.1) is 0 Å². The van der Waals surface area contributed by atoms with Crippen molar-refractivity contribution < 1.29 is 37.8 Å². The van der Waals surface area contributed by atoms with Gasteiger partial charge in [0.2, 0.25) is 0 Å². The van der Waals surface area contributed by atoms with Gasteiger partial charge in [0.15, 0.2) is 0 Å². The van der Waals surface area contributed by atoms with Crippen LogP contribution in [0.5, 0.6) is 0 Å². The Labute approximate surface area is 136 Å². The van der Waals surface area contributed by atoms with E-state index in [0.29, 0.717) is 13.0 Å². The quantitative estimate of drug-likeness (QED) is 0.454. The highest BCUT2D eigenvalue weighted by atomic mass is 32.2. The van der Waals surface area contributed by atoms with Crippen molar-refractivity contribution in [3.63, 3.8) is 0 Å². The van der Waals surface area contributed by atoms with Crippen LogP contribution >= 0.6 is 0 Å². The Morgan fingerprint density at radius 2 is 1.52 bits per heavy atom. The van der Waals surface area contributed by atoms with Gasteiger partial charge in [-0.05, 0) is 19.4 Å². The number of hydrogen-bond donors (Lipinski definition) is 1. The Balaban J connectivity index is 3.07. The molecule has 0 bridgehead atoms. The third-order valence-corrected chi connectivity index (χ3v) is 4.62.